The van der Waals surface area contributed by atoms with Crippen molar-refractivity contribution in [2.75, 3.05) is 25.5 Å². The molecule has 29 heavy (non-hydrogen) atoms. The van der Waals surface area contributed by atoms with Crippen molar-refractivity contribution in [1.82, 2.24) is 24.5 Å². The van der Waals surface area contributed by atoms with Gasteiger partial charge in [-0.25, -0.2) is 27.8 Å². The number of aromatic nitrogens is 4. The van der Waals surface area contributed by atoms with Crippen LogP contribution >= 0.6 is 0 Å². The normalized spacial score (nSPS) is 11.4. The van der Waals surface area contributed by atoms with Gasteiger partial charge in [-0.05, 0) is 50.1 Å². The summed E-state index contributed by atoms with van der Waals surface area (Å²) in [6.07, 6.45) is 3.25. The van der Waals surface area contributed by atoms with Crippen LogP contribution in [0.3, 0.4) is 0 Å². The van der Waals surface area contributed by atoms with Crippen molar-refractivity contribution in [3.05, 3.63) is 53.6 Å². The van der Waals surface area contributed by atoms with Crippen molar-refractivity contribution in [2.24, 2.45) is 0 Å². The molecule has 10 heteroatoms. The molecule has 9 nitrogen and oxygen atoms in total. The Morgan fingerprint density at radius 3 is 2.55 bits per heavy atom. The Kier molecular flexibility index (Phi) is 6.14. The predicted molar refractivity (Wildman–Crippen MR) is 110 cm³/mol. The van der Waals surface area contributed by atoms with Gasteiger partial charge >= 0.3 is 0 Å². The summed E-state index contributed by atoms with van der Waals surface area (Å²) in [7, 11) is -2.07. The van der Waals surface area contributed by atoms with Gasteiger partial charge in [0.05, 0.1) is 17.7 Å². The molecule has 1 aromatic carbocycles. The van der Waals surface area contributed by atoms with E-state index in [1.165, 1.54) is 6.33 Å². The molecule has 3 rings (SSSR count). The number of ether oxygens (including phenoxy) is 1. The van der Waals surface area contributed by atoms with Gasteiger partial charge in [-0.3, -0.25) is 0 Å². The maximum Gasteiger partial charge on any atom is 0.240 e. The van der Waals surface area contributed by atoms with Crippen LogP contribution < -0.4 is 14.8 Å². The molecule has 0 fully saturated rings. The molecule has 0 aliphatic rings. The van der Waals surface area contributed by atoms with E-state index in [2.05, 4.69) is 25.1 Å². The molecule has 0 aliphatic carbocycles. The number of benzene rings is 1. The second-order valence-electron chi connectivity index (χ2n) is 6.50. The minimum atomic E-state index is -3.63. The fourth-order valence-corrected chi connectivity index (χ4v) is 4.18. The number of hydrogen-bond donors (Lipinski definition) is 2. The molecule has 0 spiro atoms. The highest BCUT2D eigenvalue weighted by molar-refractivity contribution is 7.89. The van der Waals surface area contributed by atoms with E-state index in [4.69, 9.17) is 4.74 Å². The number of sulfonamides is 1. The van der Waals surface area contributed by atoms with Gasteiger partial charge in [0.2, 0.25) is 10.0 Å². The average molecular weight is 417 g/mol. The van der Waals surface area contributed by atoms with Gasteiger partial charge in [0, 0.05) is 25.4 Å². The molecule has 2 aromatic heterocycles. The number of nitrogens with one attached hydrogen (secondary N) is 2. The highest BCUT2D eigenvalue weighted by Gasteiger charge is 2.19. The Labute approximate surface area is 170 Å². The van der Waals surface area contributed by atoms with Gasteiger partial charge in [-0.2, -0.15) is 5.10 Å². The Hall–Kier alpha value is -2.98. The zero-order valence-corrected chi connectivity index (χ0v) is 17.6. The third-order valence-electron chi connectivity index (χ3n) is 4.53. The van der Waals surface area contributed by atoms with Gasteiger partial charge < -0.3 is 10.1 Å². The summed E-state index contributed by atoms with van der Waals surface area (Å²) in [5, 5.41) is 7.40. The van der Waals surface area contributed by atoms with Crippen LogP contribution in [0.15, 0.2) is 41.7 Å². The summed E-state index contributed by atoms with van der Waals surface area (Å²) in [6.45, 7) is 6.07. The monoisotopic (exact) mass is 416 g/mol. The SMILES string of the molecule is COc1ccc(S(=O)(=O)NCCNc2cc(-n3ccc(C)n3)ncn2)c(C)c1C. The molecule has 3 aromatic rings. The van der Waals surface area contributed by atoms with Crippen LogP contribution in [0.5, 0.6) is 5.75 Å². The van der Waals surface area contributed by atoms with Gasteiger partial charge in [-0.15, -0.1) is 0 Å². The van der Waals surface area contributed by atoms with Crippen LogP contribution in [0.2, 0.25) is 0 Å². The summed E-state index contributed by atoms with van der Waals surface area (Å²) >= 11 is 0. The van der Waals surface area contributed by atoms with E-state index in [1.807, 2.05) is 26.1 Å². The largest absolute Gasteiger partial charge is 0.496 e. The first kappa shape index (κ1) is 20.7. The van der Waals surface area contributed by atoms with Crippen molar-refractivity contribution < 1.29 is 13.2 Å². The van der Waals surface area contributed by atoms with Gasteiger partial charge in [0.15, 0.2) is 5.82 Å². The zero-order valence-electron chi connectivity index (χ0n) is 16.8. The number of anilines is 1. The highest BCUT2D eigenvalue weighted by atomic mass is 32.2. The van der Waals surface area contributed by atoms with Crippen LogP contribution in [0, 0.1) is 20.8 Å². The fraction of sp³-hybridized carbons (Fsp3) is 0.316. The smallest absolute Gasteiger partial charge is 0.240 e. The third kappa shape index (κ3) is 4.72. The van der Waals surface area contributed by atoms with Crippen molar-refractivity contribution in [3.8, 4) is 11.6 Å². The van der Waals surface area contributed by atoms with E-state index < -0.39 is 10.0 Å². The van der Waals surface area contributed by atoms with Crippen LogP contribution in [0.25, 0.3) is 5.82 Å². The molecular weight excluding hydrogens is 392 g/mol. The minimum absolute atomic E-state index is 0.201. The summed E-state index contributed by atoms with van der Waals surface area (Å²) in [5.74, 6) is 1.87. The van der Waals surface area contributed by atoms with Crippen molar-refractivity contribution >= 4 is 15.8 Å². The lowest BCUT2D eigenvalue weighted by atomic mass is 10.1. The number of rotatable bonds is 8. The first-order valence-electron chi connectivity index (χ1n) is 9.04. The summed E-state index contributed by atoms with van der Waals surface area (Å²) in [5.41, 5.74) is 2.35. The second kappa shape index (κ2) is 8.58. The standard InChI is InChI=1S/C19H24N6O3S/c1-13-7-10-25(24-13)19-11-18(21-12-22-19)20-8-9-23-29(26,27)17-6-5-16(28-4)14(2)15(17)3/h5-7,10-12,23H,8-9H2,1-4H3,(H,20,21,22). The quantitative estimate of drug-likeness (QED) is 0.540. The number of methoxy groups -OCH3 is 1. The molecule has 0 atom stereocenters. The lowest BCUT2D eigenvalue weighted by Crippen LogP contribution is -2.29. The molecule has 0 radical (unpaired) electrons. The lowest BCUT2D eigenvalue weighted by molar-refractivity contribution is 0.410. The molecule has 0 bridgehead atoms. The molecule has 0 amide bonds. The van der Waals surface area contributed by atoms with Gasteiger partial charge in [0.1, 0.15) is 17.9 Å². The van der Waals surface area contributed by atoms with Crippen LogP contribution in [-0.4, -0.2) is 48.4 Å². The highest BCUT2D eigenvalue weighted by Crippen LogP contribution is 2.26. The minimum Gasteiger partial charge on any atom is -0.496 e. The van der Waals surface area contributed by atoms with E-state index >= 15 is 0 Å². The molecule has 2 heterocycles. The maximum atomic E-state index is 12.6. The second-order valence-corrected chi connectivity index (χ2v) is 8.24. The number of hydrogen-bond acceptors (Lipinski definition) is 7. The Morgan fingerprint density at radius 1 is 1.07 bits per heavy atom. The van der Waals surface area contributed by atoms with Crippen molar-refractivity contribution in [2.45, 2.75) is 25.7 Å². The average Bonchev–Trinajstić information content (AvgIpc) is 3.14. The van der Waals surface area contributed by atoms with E-state index in [-0.39, 0.29) is 11.4 Å². The van der Waals surface area contributed by atoms with E-state index in [9.17, 15) is 8.42 Å². The van der Waals surface area contributed by atoms with E-state index in [0.29, 0.717) is 29.5 Å². The molecule has 0 unspecified atom stereocenters. The molecule has 0 saturated carbocycles. The summed E-state index contributed by atoms with van der Waals surface area (Å²) in [4.78, 5) is 8.59. The third-order valence-corrected chi connectivity index (χ3v) is 6.14. The van der Waals surface area contributed by atoms with E-state index in [0.717, 1.165) is 11.3 Å². The van der Waals surface area contributed by atoms with Gasteiger partial charge in [-0.1, -0.05) is 0 Å². The topological polar surface area (TPSA) is 111 Å². The predicted octanol–water partition coefficient (Wildman–Crippen LogP) is 1.99. The van der Waals surface area contributed by atoms with Crippen molar-refractivity contribution in [1.29, 1.82) is 0 Å². The Morgan fingerprint density at radius 2 is 1.86 bits per heavy atom. The molecule has 2 N–H and O–H groups in total. The van der Waals surface area contributed by atoms with Gasteiger partial charge in [0.25, 0.3) is 0 Å². The van der Waals surface area contributed by atoms with Crippen LogP contribution in [-0.2, 0) is 10.0 Å². The first-order valence-corrected chi connectivity index (χ1v) is 10.5. The summed E-state index contributed by atoms with van der Waals surface area (Å²) in [6, 6.07) is 6.85. The summed E-state index contributed by atoms with van der Waals surface area (Å²) < 4.78 is 34.8. The Bertz CT molecular complexity index is 1110. The molecule has 0 aliphatic heterocycles. The maximum absolute atomic E-state index is 12.6. The van der Waals surface area contributed by atoms with E-state index in [1.54, 1.807) is 36.9 Å². The number of nitrogens with zero attached hydrogens (tertiary/aromatic N) is 4. The number of aryl methyl sites for hydroxylation is 1. The molecule has 154 valence electrons. The fourth-order valence-electron chi connectivity index (χ4n) is 2.85. The molecule has 0 saturated heterocycles. The zero-order chi connectivity index (χ0) is 21.0. The Balaban J connectivity index is 1.61. The van der Waals surface area contributed by atoms with Crippen LogP contribution in [0.1, 0.15) is 16.8 Å². The van der Waals surface area contributed by atoms with Crippen molar-refractivity contribution in [3.63, 3.8) is 0 Å². The first-order chi connectivity index (χ1) is 13.8. The lowest BCUT2D eigenvalue weighted by Gasteiger charge is -2.14. The van der Waals surface area contributed by atoms with Crippen LogP contribution in [0.4, 0.5) is 5.82 Å². The molecular formula is C19H24N6O3S.